The van der Waals surface area contributed by atoms with Gasteiger partial charge in [0.05, 0.1) is 7.11 Å². The third-order valence-electron chi connectivity index (χ3n) is 2.45. The van der Waals surface area contributed by atoms with Crippen LogP contribution < -0.4 is 0 Å². The standard InChI is InChI=1S/C10H17NO2/c1-11(2)9-6-4-5-8(7-9)10(12)13-3/h7,9H,4-6H2,1-3H3/t9-/m0/s1. The number of carbonyl (C=O) groups excluding carboxylic acids is 1. The van der Waals surface area contributed by atoms with Gasteiger partial charge in [-0.15, -0.1) is 0 Å². The summed E-state index contributed by atoms with van der Waals surface area (Å²) in [6.07, 6.45) is 5.09. The molecule has 0 amide bonds. The number of hydrogen-bond acceptors (Lipinski definition) is 3. The van der Waals surface area contributed by atoms with E-state index in [1.807, 2.05) is 20.2 Å². The van der Waals surface area contributed by atoms with Crippen molar-refractivity contribution in [1.29, 1.82) is 0 Å². The van der Waals surface area contributed by atoms with Crippen molar-refractivity contribution in [2.75, 3.05) is 21.2 Å². The third kappa shape index (κ3) is 2.56. The summed E-state index contributed by atoms with van der Waals surface area (Å²) in [5.74, 6) is -0.174. The van der Waals surface area contributed by atoms with Crippen molar-refractivity contribution in [3.05, 3.63) is 11.6 Å². The zero-order chi connectivity index (χ0) is 9.84. The van der Waals surface area contributed by atoms with Gasteiger partial charge in [-0.3, -0.25) is 0 Å². The Balaban J connectivity index is 2.69. The lowest BCUT2D eigenvalue weighted by Crippen LogP contribution is -2.29. The number of esters is 1. The minimum absolute atomic E-state index is 0.174. The second kappa shape index (κ2) is 4.42. The van der Waals surface area contributed by atoms with Crippen LogP contribution in [0.2, 0.25) is 0 Å². The zero-order valence-corrected chi connectivity index (χ0v) is 8.54. The molecule has 0 N–H and O–H groups in total. The molecule has 0 saturated heterocycles. The van der Waals surface area contributed by atoms with Gasteiger partial charge in [0, 0.05) is 11.6 Å². The van der Waals surface area contributed by atoms with Crippen LogP contribution in [-0.4, -0.2) is 38.1 Å². The Labute approximate surface area is 79.4 Å². The normalized spacial score (nSPS) is 22.8. The number of carbonyl (C=O) groups is 1. The van der Waals surface area contributed by atoms with Crippen molar-refractivity contribution < 1.29 is 9.53 Å². The van der Waals surface area contributed by atoms with Gasteiger partial charge in [-0.25, -0.2) is 4.79 Å². The van der Waals surface area contributed by atoms with Crippen LogP contribution in [0.3, 0.4) is 0 Å². The molecule has 0 aromatic heterocycles. The highest BCUT2D eigenvalue weighted by molar-refractivity contribution is 5.88. The number of rotatable bonds is 2. The molecule has 0 aromatic carbocycles. The summed E-state index contributed by atoms with van der Waals surface area (Å²) < 4.78 is 4.69. The van der Waals surface area contributed by atoms with E-state index in [1.165, 1.54) is 7.11 Å². The molecule has 0 heterocycles. The highest BCUT2D eigenvalue weighted by atomic mass is 16.5. The SMILES string of the molecule is COC(=O)C1=C[C@@H](N(C)C)CCC1. The van der Waals surface area contributed by atoms with E-state index in [0.29, 0.717) is 6.04 Å². The summed E-state index contributed by atoms with van der Waals surface area (Å²) in [5, 5.41) is 0. The lowest BCUT2D eigenvalue weighted by atomic mass is 9.95. The molecular formula is C10H17NO2. The Hall–Kier alpha value is -0.830. The van der Waals surface area contributed by atoms with Gasteiger partial charge >= 0.3 is 5.97 Å². The van der Waals surface area contributed by atoms with E-state index in [1.54, 1.807) is 0 Å². The molecule has 0 saturated carbocycles. The Morgan fingerprint density at radius 2 is 2.31 bits per heavy atom. The fourth-order valence-corrected chi connectivity index (χ4v) is 1.61. The van der Waals surface area contributed by atoms with Crippen LogP contribution in [0.1, 0.15) is 19.3 Å². The Morgan fingerprint density at radius 1 is 1.62 bits per heavy atom. The molecule has 3 nitrogen and oxygen atoms in total. The fraction of sp³-hybridized carbons (Fsp3) is 0.700. The maximum Gasteiger partial charge on any atom is 0.333 e. The van der Waals surface area contributed by atoms with Crippen LogP contribution in [-0.2, 0) is 9.53 Å². The van der Waals surface area contributed by atoms with Crippen LogP contribution in [0.15, 0.2) is 11.6 Å². The summed E-state index contributed by atoms with van der Waals surface area (Å²) >= 11 is 0. The molecule has 1 rings (SSSR count). The lowest BCUT2D eigenvalue weighted by molar-refractivity contribution is -0.136. The first kappa shape index (κ1) is 10.3. The first-order chi connectivity index (χ1) is 6.15. The summed E-state index contributed by atoms with van der Waals surface area (Å²) in [6, 6.07) is 0.392. The summed E-state index contributed by atoms with van der Waals surface area (Å²) in [7, 11) is 5.49. The molecular weight excluding hydrogens is 166 g/mol. The Bertz CT molecular complexity index is 221. The van der Waals surface area contributed by atoms with Gasteiger partial charge in [0.15, 0.2) is 0 Å². The smallest absolute Gasteiger partial charge is 0.333 e. The number of methoxy groups -OCH3 is 1. The van der Waals surface area contributed by atoms with Gasteiger partial charge in [-0.2, -0.15) is 0 Å². The summed E-state index contributed by atoms with van der Waals surface area (Å²) in [5.41, 5.74) is 0.826. The molecule has 1 aliphatic rings. The quantitative estimate of drug-likeness (QED) is 0.602. The van der Waals surface area contributed by atoms with E-state index in [9.17, 15) is 4.79 Å². The van der Waals surface area contributed by atoms with E-state index in [2.05, 4.69) is 4.90 Å². The first-order valence-electron chi connectivity index (χ1n) is 4.60. The molecule has 0 aromatic rings. The second-order valence-electron chi connectivity index (χ2n) is 3.61. The minimum Gasteiger partial charge on any atom is -0.466 e. The maximum absolute atomic E-state index is 11.2. The van der Waals surface area contributed by atoms with Crippen LogP contribution in [0.25, 0.3) is 0 Å². The summed E-state index contributed by atoms with van der Waals surface area (Å²) in [6.45, 7) is 0. The molecule has 1 aliphatic carbocycles. The highest BCUT2D eigenvalue weighted by Gasteiger charge is 2.19. The summed E-state index contributed by atoms with van der Waals surface area (Å²) in [4.78, 5) is 13.4. The monoisotopic (exact) mass is 183 g/mol. The maximum atomic E-state index is 11.2. The number of likely N-dealkylation sites (N-methyl/N-ethyl adjacent to an activating group) is 1. The predicted molar refractivity (Wildman–Crippen MR) is 51.4 cm³/mol. The number of nitrogens with zero attached hydrogens (tertiary/aromatic N) is 1. The topological polar surface area (TPSA) is 29.5 Å². The zero-order valence-electron chi connectivity index (χ0n) is 8.54. The van der Waals surface area contributed by atoms with Gasteiger partial charge in [0.2, 0.25) is 0 Å². The van der Waals surface area contributed by atoms with Gasteiger partial charge in [0.25, 0.3) is 0 Å². The third-order valence-corrected chi connectivity index (χ3v) is 2.45. The van der Waals surface area contributed by atoms with Crippen LogP contribution in [0.4, 0.5) is 0 Å². The molecule has 0 spiro atoms. The average Bonchev–Trinajstić information content (AvgIpc) is 2.17. The van der Waals surface area contributed by atoms with Gasteiger partial charge in [0.1, 0.15) is 0 Å². The molecule has 0 fully saturated rings. The average molecular weight is 183 g/mol. The van der Waals surface area contributed by atoms with Crippen LogP contribution in [0, 0.1) is 0 Å². The van der Waals surface area contributed by atoms with Crippen LogP contribution in [0.5, 0.6) is 0 Å². The second-order valence-corrected chi connectivity index (χ2v) is 3.61. The van der Waals surface area contributed by atoms with E-state index in [4.69, 9.17) is 4.74 Å². The fourth-order valence-electron chi connectivity index (χ4n) is 1.61. The minimum atomic E-state index is -0.174. The molecule has 0 bridgehead atoms. The Morgan fingerprint density at radius 3 is 2.85 bits per heavy atom. The number of ether oxygens (including phenoxy) is 1. The number of hydrogen-bond donors (Lipinski definition) is 0. The predicted octanol–water partition coefficient (Wildman–Crippen LogP) is 1.20. The van der Waals surface area contributed by atoms with Crippen molar-refractivity contribution >= 4 is 5.97 Å². The van der Waals surface area contributed by atoms with E-state index in [-0.39, 0.29) is 5.97 Å². The van der Waals surface area contributed by atoms with Crippen molar-refractivity contribution in [3.8, 4) is 0 Å². The Kier molecular flexibility index (Phi) is 3.48. The largest absolute Gasteiger partial charge is 0.466 e. The van der Waals surface area contributed by atoms with E-state index >= 15 is 0 Å². The van der Waals surface area contributed by atoms with Crippen LogP contribution >= 0.6 is 0 Å². The van der Waals surface area contributed by atoms with Gasteiger partial charge in [-0.1, -0.05) is 6.08 Å². The first-order valence-corrected chi connectivity index (χ1v) is 4.60. The van der Waals surface area contributed by atoms with E-state index < -0.39 is 0 Å². The molecule has 0 radical (unpaired) electrons. The van der Waals surface area contributed by atoms with Crippen molar-refractivity contribution in [2.45, 2.75) is 25.3 Å². The molecule has 74 valence electrons. The molecule has 0 aliphatic heterocycles. The lowest BCUT2D eigenvalue weighted by Gasteiger charge is -2.25. The van der Waals surface area contributed by atoms with Crippen molar-refractivity contribution in [1.82, 2.24) is 4.90 Å². The van der Waals surface area contributed by atoms with Gasteiger partial charge in [-0.05, 0) is 33.4 Å². The molecule has 0 unspecified atom stereocenters. The van der Waals surface area contributed by atoms with Gasteiger partial charge < -0.3 is 9.64 Å². The van der Waals surface area contributed by atoms with Crippen molar-refractivity contribution in [3.63, 3.8) is 0 Å². The highest BCUT2D eigenvalue weighted by Crippen LogP contribution is 2.21. The van der Waals surface area contributed by atoms with Crippen molar-refractivity contribution in [2.24, 2.45) is 0 Å². The molecule has 3 heteroatoms. The van der Waals surface area contributed by atoms with E-state index in [0.717, 1.165) is 24.8 Å². The molecule has 13 heavy (non-hydrogen) atoms. The molecule has 1 atom stereocenters.